The molecule has 2 aromatic rings. The maximum absolute atomic E-state index is 6.23. The van der Waals surface area contributed by atoms with Gasteiger partial charge in [0.1, 0.15) is 0 Å². The molecule has 1 N–H and O–H groups in total. The molecular weight excluding hydrogens is 415 g/mol. The summed E-state index contributed by atoms with van der Waals surface area (Å²) in [6.07, 6.45) is 0.883. The summed E-state index contributed by atoms with van der Waals surface area (Å²) in [5.74, 6) is 0. The predicted molar refractivity (Wildman–Crippen MR) is 100 cm³/mol. The monoisotopic (exact) mass is 434 g/mol. The topological polar surface area (TPSA) is 24.9 Å². The highest BCUT2D eigenvalue weighted by molar-refractivity contribution is 14.1. The molecule has 1 unspecified atom stereocenters. The number of likely N-dealkylation sites (N-methyl/N-ethyl adjacent to an activating group) is 1. The predicted octanol–water partition coefficient (Wildman–Crippen LogP) is 5.20. The minimum absolute atomic E-state index is 0.107. The number of halogens is 2. The van der Waals surface area contributed by atoms with Crippen molar-refractivity contribution in [3.05, 3.63) is 48.4 Å². The molecular formula is C16H20ClIN2S. The fourth-order valence-corrected chi connectivity index (χ4v) is 3.63. The van der Waals surface area contributed by atoms with Crippen LogP contribution in [0.5, 0.6) is 0 Å². The van der Waals surface area contributed by atoms with E-state index in [1.165, 1.54) is 5.56 Å². The minimum Gasteiger partial charge on any atom is -0.313 e. The van der Waals surface area contributed by atoms with Crippen LogP contribution < -0.4 is 5.32 Å². The van der Waals surface area contributed by atoms with E-state index in [1.807, 2.05) is 13.1 Å². The molecule has 0 saturated heterocycles. The first-order valence-corrected chi connectivity index (χ1v) is 9.22. The zero-order valence-corrected chi connectivity index (χ0v) is 16.4. The van der Waals surface area contributed by atoms with E-state index in [1.54, 1.807) is 11.3 Å². The van der Waals surface area contributed by atoms with Crippen LogP contribution in [0.1, 0.15) is 43.1 Å². The summed E-state index contributed by atoms with van der Waals surface area (Å²) in [5.41, 5.74) is 2.48. The van der Waals surface area contributed by atoms with Crippen molar-refractivity contribution in [3.8, 4) is 0 Å². The van der Waals surface area contributed by atoms with Crippen molar-refractivity contribution in [1.82, 2.24) is 10.3 Å². The average molecular weight is 435 g/mol. The molecule has 0 fully saturated rings. The molecule has 2 rings (SSSR count). The van der Waals surface area contributed by atoms with Gasteiger partial charge < -0.3 is 5.32 Å². The Kier molecular flexibility index (Phi) is 5.68. The van der Waals surface area contributed by atoms with Crippen LogP contribution in [0.25, 0.3) is 0 Å². The first-order chi connectivity index (χ1) is 9.81. The molecule has 1 aromatic carbocycles. The first kappa shape index (κ1) is 17.2. The second-order valence-electron chi connectivity index (χ2n) is 6.10. The van der Waals surface area contributed by atoms with E-state index in [0.29, 0.717) is 0 Å². The van der Waals surface area contributed by atoms with E-state index in [4.69, 9.17) is 16.6 Å². The van der Waals surface area contributed by atoms with E-state index in [2.05, 4.69) is 66.2 Å². The molecule has 0 aliphatic heterocycles. The lowest BCUT2D eigenvalue weighted by atomic mass is 9.93. The molecule has 21 heavy (non-hydrogen) atoms. The van der Waals surface area contributed by atoms with E-state index >= 15 is 0 Å². The molecule has 1 aromatic heterocycles. The molecule has 0 bridgehead atoms. The molecule has 0 spiro atoms. The Morgan fingerprint density at radius 1 is 1.38 bits per heavy atom. The molecule has 0 aliphatic rings. The Morgan fingerprint density at radius 3 is 2.62 bits per heavy atom. The van der Waals surface area contributed by atoms with Gasteiger partial charge in [0.2, 0.25) is 0 Å². The van der Waals surface area contributed by atoms with Crippen molar-refractivity contribution in [2.75, 3.05) is 7.05 Å². The van der Waals surface area contributed by atoms with Crippen molar-refractivity contribution in [1.29, 1.82) is 0 Å². The molecule has 114 valence electrons. The van der Waals surface area contributed by atoms with E-state index in [9.17, 15) is 0 Å². The van der Waals surface area contributed by atoms with Gasteiger partial charge in [-0.3, -0.25) is 0 Å². The second kappa shape index (κ2) is 6.94. The van der Waals surface area contributed by atoms with Crippen molar-refractivity contribution in [2.24, 2.45) is 0 Å². The third kappa shape index (κ3) is 4.41. The molecule has 1 heterocycles. The number of benzene rings is 1. The van der Waals surface area contributed by atoms with E-state index in [0.717, 1.165) is 25.7 Å². The summed E-state index contributed by atoms with van der Waals surface area (Å²) in [4.78, 5) is 4.78. The third-order valence-electron chi connectivity index (χ3n) is 3.39. The van der Waals surface area contributed by atoms with Gasteiger partial charge in [-0.1, -0.05) is 38.4 Å². The Bertz CT molecular complexity index is 619. The summed E-state index contributed by atoms with van der Waals surface area (Å²) in [6.45, 7) is 6.58. The van der Waals surface area contributed by atoms with Crippen LogP contribution in [0.15, 0.2) is 23.6 Å². The second-order valence-corrected chi connectivity index (χ2v) is 8.61. The average Bonchev–Trinajstić information content (AvgIpc) is 2.88. The lowest BCUT2D eigenvalue weighted by Gasteiger charge is -2.17. The molecule has 1 atom stereocenters. The highest BCUT2D eigenvalue weighted by atomic mass is 127. The van der Waals surface area contributed by atoms with Gasteiger partial charge >= 0.3 is 0 Å². The number of hydrogen-bond acceptors (Lipinski definition) is 3. The summed E-state index contributed by atoms with van der Waals surface area (Å²) in [7, 11) is 1.98. The standard InChI is InChI=1S/C16H20ClIN2S/c1-16(2,3)14-9-21-15(20-14)8-13(19-4)10-5-6-12(18)11(17)7-10/h5-7,9,13,19H,8H2,1-4H3. The fourth-order valence-electron chi connectivity index (χ4n) is 2.04. The van der Waals surface area contributed by atoms with Crippen LogP contribution in [0.4, 0.5) is 0 Å². The van der Waals surface area contributed by atoms with Gasteiger partial charge in [0.25, 0.3) is 0 Å². The Balaban J connectivity index is 2.19. The van der Waals surface area contributed by atoms with Crippen molar-refractivity contribution < 1.29 is 0 Å². The van der Waals surface area contributed by atoms with Gasteiger partial charge in [0.05, 0.1) is 15.7 Å². The number of aromatic nitrogens is 1. The van der Waals surface area contributed by atoms with Gasteiger partial charge in [0.15, 0.2) is 0 Å². The van der Waals surface area contributed by atoms with Gasteiger partial charge in [-0.05, 0) is 47.3 Å². The highest BCUT2D eigenvalue weighted by Crippen LogP contribution is 2.28. The minimum atomic E-state index is 0.107. The SMILES string of the molecule is CNC(Cc1nc(C(C)(C)C)cs1)c1ccc(I)c(Cl)c1. The van der Waals surface area contributed by atoms with Crippen LogP contribution in [0.3, 0.4) is 0 Å². The van der Waals surface area contributed by atoms with Crippen molar-refractivity contribution in [2.45, 2.75) is 38.6 Å². The fraction of sp³-hybridized carbons (Fsp3) is 0.438. The maximum Gasteiger partial charge on any atom is 0.0947 e. The zero-order chi connectivity index (χ0) is 15.6. The first-order valence-electron chi connectivity index (χ1n) is 6.88. The lowest BCUT2D eigenvalue weighted by Crippen LogP contribution is -2.19. The number of nitrogens with one attached hydrogen (secondary N) is 1. The zero-order valence-electron chi connectivity index (χ0n) is 12.7. The summed E-state index contributed by atoms with van der Waals surface area (Å²) < 4.78 is 1.08. The normalized spacial score (nSPS) is 13.4. The van der Waals surface area contributed by atoms with Crippen LogP contribution in [0, 0.1) is 3.57 Å². The van der Waals surface area contributed by atoms with Gasteiger partial charge in [-0.25, -0.2) is 4.98 Å². The Morgan fingerprint density at radius 2 is 2.10 bits per heavy atom. The van der Waals surface area contributed by atoms with Crippen LogP contribution >= 0.6 is 45.5 Å². The van der Waals surface area contributed by atoms with Gasteiger partial charge in [-0.2, -0.15) is 0 Å². The lowest BCUT2D eigenvalue weighted by molar-refractivity contribution is 0.560. The Labute approximate surface area is 149 Å². The van der Waals surface area contributed by atoms with E-state index in [-0.39, 0.29) is 11.5 Å². The summed E-state index contributed by atoms with van der Waals surface area (Å²) in [5, 5.41) is 7.51. The Hall–Kier alpha value is -0.170. The molecule has 0 saturated carbocycles. The van der Waals surface area contributed by atoms with Crippen molar-refractivity contribution >= 4 is 45.5 Å². The van der Waals surface area contributed by atoms with Gasteiger partial charge in [-0.15, -0.1) is 11.3 Å². The molecule has 0 amide bonds. The molecule has 0 radical (unpaired) electrons. The van der Waals surface area contributed by atoms with Gasteiger partial charge in [0, 0.05) is 26.8 Å². The molecule has 5 heteroatoms. The third-order valence-corrected chi connectivity index (χ3v) is 5.84. The smallest absolute Gasteiger partial charge is 0.0947 e. The highest BCUT2D eigenvalue weighted by Gasteiger charge is 2.19. The number of rotatable bonds is 4. The summed E-state index contributed by atoms with van der Waals surface area (Å²) >= 11 is 10.2. The van der Waals surface area contributed by atoms with E-state index < -0.39 is 0 Å². The molecule has 0 aliphatic carbocycles. The maximum atomic E-state index is 6.23. The number of thiazole rings is 1. The molecule has 2 nitrogen and oxygen atoms in total. The summed E-state index contributed by atoms with van der Waals surface area (Å²) in [6, 6.07) is 6.47. The largest absolute Gasteiger partial charge is 0.313 e. The van der Waals surface area contributed by atoms with Crippen molar-refractivity contribution in [3.63, 3.8) is 0 Å². The van der Waals surface area contributed by atoms with Crippen LogP contribution in [0.2, 0.25) is 5.02 Å². The van der Waals surface area contributed by atoms with Crippen LogP contribution in [-0.2, 0) is 11.8 Å². The number of hydrogen-bond donors (Lipinski definition) is 1. The quantitative estimate of drug-likeness (QED) is 0.669. The number of nitrogens with zero attached hydrogens (tertiary/aromatic N) is 1. The van der Waals surface area contributed by atoms with Crippen LogP contribution in [-0.4, -0.2) is 12.0 Å².